The highest BCUT2D eigenvalue weighted by atomic mass is 35.5. The molecule has 1 saturated carbocycles. The minimum absolute atomic E-state index is 0.0236. The van der Waals surface area contributed by atoms with Gasteiger partial charge in [-0.25, -0.2) is 0 Å². The van der Waals surface area contributed by atoms with Gasteiger partial charge in [0.05, 0.1) is 21.0 Å². The summed E-state index contributed by atoms with van der Waals surface area (Å²) in [5.74, 6) is 0.0359. The molecule has 0 N–H and O–H groups in total. The Bertz CT molecular complexity index is 413. The third-order valence-electron chi connectivity index (χ3n) is 2.10. The number of halogens is 3. The average Bonchev–Trinajstić information content (AvgIpc) is 2.97. The zero-order chi connectivity index (χ0) is 11.0. The van der Waals surface area contributed by atoms with E-state index in [4.69, 9.17) is 39.5 Å². The second-order valence-corrected chi connectivity index (χ2v) is 4.61. The van der Waals surface area contributed by atoms with E-state index in [1.807, 2.05) is 0 Å². The second-order valence-electron chi connectivity index (χ2n) is 3.39. The molecule has 1 fully saturated rings. The third kappa shape index (κ3) is 2.57. The van der Waals surface area contributed by atoms with Gasteiger partial charge in [-0.1, -0.05) is 34.8 Å². The van der Waals surface area contributed by atoms with Gasteiger partial charge in [0.15, 0.2) is 5.75 Å². The number of carbonyl (C=O) groups is 1. The maximum Gasteiger partial charge on any atom is 0.314 e. The molecule has 0 heterocycles. The Morgan fingerprint density at radius 3 is 2.33 bits per heavy atom. The highest BCUT2D eigenvalue weighted by Gasteiger charge is 2.32. The van der Waals surface area contributed by atoms with Crippen LogP contribution in [0.2, 0.25) is 15.1 Å². The molecule has 2 nitrogen and oxygen atoms in total. The lowest BCUT2D eigenvalue weighted by molar-refractivity contribution is -0.135. The molecular formula is C10H7Cl3O2. The molecule has 2 rings (SSSR count). The molecule has 0 aliphatic heterocycles. The molecule has 1 aromatic rings. The Morgan fingerprint density at radius 1 is 1.13 bits per heavy atom. The van der Waals surface area contributed by atoms with Gasteiger partial charge in [-0.05, 0) is 18.9 Å². The lowest BCUT2D eigenvalue weighted by atomic mass is 10.3. The van der Waals surface area contributed by atoms with Crippen molar-refractivity contribution < 1.29 is 9.53 Å². The fraction of sp³-hybridized carbons (Fsp3) is 0.300. The molecule has 15 heavy (non-hydrogen) atoms. The van der Waals surface area contributed by atoms with Crippen LogP contribution in [0.15, 0.2) is 12.1 Å². The number of rotatable bonds is 2. The Hall–Kier alpha value is -0.440. The summed E-state index contributed by atoms with van der Waals surface area (Å²) >= 11 is 17.4. The lowest BCUT2D eigenvalue weighted by Crippen LogP contribution is -2.10. The first-order chi connectivity index (χ1) is 7.08. The molecule has 0 atom stereocenters. The molecule has 80 valence electrons. The summed E-state index contributed by atoms with van der Waals surface area (Å²) in [6, 6.07) is 2.91. The summed E-state index contributed by atoms with van der Waals surface area (Å²) in [6.07, 6.45) is 1.77. The van der Waals surface area contributed by atoms with Gasteiger partial charge in [-0.2, -0.15) is 0 Å². The summed E-state index contributed by atoms with van der Waals surface area (Å²) in [6.45, 7) is 0. The van der Waals surface area contributed by atoms with E-state index in [1.165, 1.54) is 12.1 Å². The molecule has 0 amide bonds. The maximum atomic E-state index is 11.4. The van der Waals surface area contributed by atoms with Gasteiger partial charge < -0.3 is 4.74 Å². The number of esters is 1. The molecule has 0 aromatic heterocycles. The molecule has 1 aliphatic rings. The van der Waals surface area contributed by atoms with Crippen molar-refractivity contribution in [3.63, 3.8) is 0 Å². The van der Waals surface area contributed by atoms with E-state index in [0.717, 1.165) is 12.8 Å². The fourth-order valence-electron chi connectivity index (χ4n) is 1.09. The molecule has 0 bridgehead atoms. The van der Waals surface area contributed by atoms with Crippen molar-refractivity contribution >= 4 is 40.8 Å². The minimum atomic E-state index is -0.254. The van der Waals surface area contributed by atoms with E-state index in [0.29, 0.717) is 15.1 Å². The molecule has 1 aromatic carbocycles. The van der Waals surface area contributed by atoms with Crippen LogP contribution in [0.25, 0.3) is 0 Å². The highest BCUT2D eigenvalue weighted by molar-refractivity contribution is 6.43. The fourth-order valence-corrected chi connectivity index (χ4v) is 1.67. The van der Waals surface area contributed by atoms with Crippen LogP contribution in [-0.2, 0) is 4.79 Å². The van der Waals surface area contributed by atoms with Gasteiger partial charge >= 0.3 is 5.97 Å². The monoisotopic (exact) mass is 264 g/mol. The van der Waals surface area contributed by atoms with Crippen molar-refractivity contribution in [2.24, 2.45) is 5.92 Å². The number of benzene rings is 1. The summed E-state index contributed by atoms with van der Waals surface area (Å²) < 4.78 is 5.09. The van der Waals surface area contributed by atoms with Gasteiger partial charge in [-0.15, -0.1) is 0 Å². The van der Waals surface area contributed by atoms with Gasteiger partial charge in [0, 0.05) is 6.07 Å². The molecule has 0 spiro atoms. The van der Waals surface area contributed by atoms with Crippen LogP contribution in [0.1, 0.15) is 12.8 Å². The Balaban J connectivity index is 2.20. The summed E-state index contributed by atoms with van der Waals surface area (Å²) in [7, 11) is 0. The topological polar surface area (TPSA) is 26.3 Å². The first-order valence-electron chi connectivity index (χ1n) is 4.44. The van der Waals surface area contributed by atoms with Crippen LogP contribution < -0.4 is 4.74 Å². The van der Waals surface area contributed by atoms with Crippen molar-refractivity contribution in [2.75, 3.05) is 0 Å². The van der Waals surface area contributed by atoms with Crippen molar-refractivity contribution in [2.45, 2.75) is 12.8 Å². The van der Waals surface area contributed by atoms with Gasteiger partial charge in [0.1, 0.15) is 0 Å². The molecule has 0 unspecified atom stereocenters. The Morgan fingerprint density at radius 2 is 1.73 bits per heavy atom. The van der Waals surface area contributed by atoms with Gasteiger partial charge in [0.2, 0.25) is 0 Å². The lowest BCUT2D eigenvalue weighted by Gasteiger charge is -2.06. The average molecular weight is 266 g/mol. The third-order valence-corrected chi connectivity index (χ3v) is 3.11. The van der Waals surface area contributed by atoms with Crippen LogP contribution in [-0.4, -0.2) is 5.97 Å². The summed E-state index contributed by atoms with van der Waals surface area (Å²) in [4.78, 5) is 11.4. The quantitative estimate of drug-likeness (QED) is 0.459. The Labute approximate surface area is 102 Å². The molecule has 0 radical (unpaired) electrons. The van der Waals surface area contributed by atoms with Crippen LogP contribution in [0, 0.1) is 5.92 Å². The van der Waals surface area contributed by atoms with Crippen molar-refractivity contribution in [1.29, 1.82) is 0 Å². The van der Waals surface area contributed by atoms with Crippen LogP contribution in [0.4, 0.5) is 0 Å². The van der Waals surface area contributed by atoms with Crippen LogP contribution in [0.5, 0.6) is 5.75 Å². The van der Waals surface area contributed by atoms with Crippen molar-refractivity contribution in [3.05, 3.63) is 27.2 Å². The molecular weight excluding hydrogens is 258 g/mol. The standard InChI is InChI=1S/C10H7Cl3O2/c11-6-3-8(13)9(4-7(6)12)15-10(14)5-1-2-5/h3-5H,1-2H2. The van der Waals surface area contributed by atoms with Gasteiger partial charge in [0.25, 0.3) is 0 Å². The normalized spacial score (nSPS) is 15.1. The van der Waals surface area contributed by atoms with E-state index >= 15 is 0 Å². The minimum Gasteiger partial charge on any atom is -0.425 e. The first kappa shape index (κ1) is 11.1. The van der Waals surface area contributed by atoms with E-state index in [2.05, 4.69) is 0 Å². The second kappa shape index (κ2) is 4.20. The van der Waals surface area contributed by atoms with E-state index in [1.54, 1.807) is 0 Å². The smallest absolute Gasteiger partial charge is 0.314 e. The largest absolute Gasteiger partial charge is 0.425 e. The maximum absolute atomic E-state index is 11.4. The Kier molecular flexibility index (Phi) is 3.10. The molecule has 5 heteroatoms. The molecule has 0 saturated heterocycles. The zero-order valence-corrected chi connectivity index (χ0v) is 9.86. The van der Waals surface area contributed by atoms with Crippen LogP contribution >= 0.6 is 34.8 Å². The predicted molar refractivity (Wildman–Crippen MR) is 59.8 cm³/mol. The first-order valence-corrected chi connectivity index (χ1v) is 5.57. The molecule has 1 aliphatic carbocycles. The van der Waals surface area contributed by atoms with Crippen LogP contribution in [0.3, 0.4) is 0 Å². The van der Waals surface area contributed by atoms with E-state index in [-0.39, 0.29) is 17.6 Å². The van der Waals surface area contributed by atoms with Crippen molar-refractivity contribution in [3.8, 4) is 5.75 Å². The highest BCUT2D eigenvalue weighted by Crippen LogP contribution is 2.36. The number of carbonyl (C=O) groups excluding carboxylic acids is 1. The summed E-state index contributed by atoms with van der Waals surface area (Å²) in [5, 5.41) is 0.950. The number of hydrogen-bond acceptors (Lipinski definition) is 2. The zero-order valence-electron chi connectivity index (χ0n) is 7.60. The summed E-state index contributed by atoms with van der Waals surface area (Å²) in [5.41, 5.74) is 0. The van der Waals surface area contributed by atoms with E-state index < -0.39 is 0 Å². The number of hydrogen-bond donors (Lipinski definition) is 0. The van der Waals surface area contributed by atoms with E-state index in [9.17, 15) is 4.79 Å². The predicted octanol–water partition coefficient (Wildman–Crippen LogP) is 3.96. The SMILES string of the molecule is O=C(Oc1cc(Cl)c(Cl)cc1Cl)C1CC1. The van der Waals surface area contributed by atoms with Crippen molar-refractivity contribution in [1.82, 2.24) is 0 Å². The van der Waals surface area contributed by atoms with Gasteiger partial charge in [-0.3, -0.25) is 4.79 Å². The number of ether oxygens (including phenoxy) is 1.